The van der Waals surface area contributed by atoms with E-state index in [-0.39, 0.29) is 5.91 Å². The van der Waals surface area contributed by atoms with Gasteiger partial charge in [0.1, 0.15) is 0 Å². The molecular weight excluding hydrogens is 188 g/mol. The number of rotatable bonds is 9. The van der Waals surface area contributed by atoms with Gasteiger partial charge in [-0.3, -0.25) is 4.79 Å². The van der Waals surface area contributed by atoms with Crippen molar-refractivity contribution in [3.8, 4) is 0 Å². The maximum absolute atomic E-state index is 11.3. The van der Waals surface area contributed by atoms with Crippen LogP contribution >= 0.6 is 0 Å². The normalized spacial score (nSPS) is 10.7. The molecule has 1 N–H and O–H groups in total. The average molecular weight is 214 g/mol. The molecule has 0 unspecified atom stereocenters. The molecular formula is C12H26N2O. The predicted molar refractivity (Wildman–Crippen MR) is 64.9 cm³/mol. The van der Waals surface area contributed by atoms with Gasteiger partial charge >= 0.3 is 0 Å². The summed E-state index contributed by atoms with van der Waals surface area (Å²) in [7, 11) is 4.10. The number of nitrogens with zero attached hydrogens (tertiary/aromatic N) is 1. The van der Waals surface area contributed by atoms with Gasteiger partial charge in [-0.05, 0) is 33.5 Å². The quantitative estimate of drug-likeness (QED) is 0.596. The van der Waals surface area contributed by atoms with Crippen molar-refractivity contribution in [2.24, 2.45) is 0 Å². The lowest BCUT2D eigenvalue weighted by atomic mass is 10.1. The topological polar surface area (TPSA) is 32.3 Å². The van der Waals surface area contributed by atoms with Crippen molar-refractivity contribution in [3.05, 3.63) is 0 Å². The number of hydrogen-bond donors (Lipinski definition) is 1. The molecule has 0 radical (unpaired) electrons. The summed E-state index contributed by atoms with van der Waals surface area (Å²) < 4.78 is 0. The summed E-state index contributed by atoms with van der Waals surface area (Å²) in [6.45, 7) is 4.03. The van der Waals surface area contributed by atoms with Crippen LogP contribution in [0, 0.1) is 0 Å². The number of carbonyl (C=O) groups excluding carboxylic acids is 1. The SMILES string of the molecule is CCCCCCC(=O)NCCCN(C)C. The summed E-state index contributed by atoms with van der Waals surface area (Å²) in [5, 5.41) is 2.95. The molecule has 0 heterocycles. The van der Waals surface area contributed by atoms with Crippen molar-refractivity contribution in [1.29, 1.82) is 0 Å². The average Bonchev–Trinajstić information content (AvgIpc) is 2.19. The largest absolute Gasteiger partial charge is 0.356 e. The van der Waals surface area contributed by atoms with Gasteiger partial charge in [-0.25, -0.2) is 0 Å². The zero-order valence-electron chi connectivity index (χ0n) is 10.5. The van der Waals surface area contributed by atoms with E-state index in [1.807, 2.05) is 14.1 Å². The minimum atomic E-state index is 0.213. The molecule has 0 aromatic heterocycles. The van der Waals surface area contributed by atoms with Crippen LogP contribution in [0.4, 0.5) is 0 Å². The summed E-state index contributed by atoms with van der Waals surface area (Å²) >= 11 is 0. The fraction of sp³-hybridized carbons (Fsp3) is 0.917. The summed E-state index contributed by atoms with van der Waals surface area (Å²) in [6.07, 6.45) is 6.42. The summed E-state index contributed by atoms with van der Waals surface area (Å²) in [5.41, 5.74) is 0. The molecule has 3 heteroatoms. The standard InChI is InChI=1S/C12H26N2O/c1-4-5-6-7-9-12(15)13-10-8-11-14(2)3/h4-11H2,1-3H3,(H,13,15). The third-order valence-electron chi connectivity index (χ3n) is 2.36. The Bertz CT molecular complexity index is 158. The molecule has 90 valence electrons. The highest BCUT2D eigenvalue weighted by atomic mass is 16.1. The van der Waals surface area contributed by atoms with Crippen molar-refractivity contribution in [1.82, 2.24) is 10.2 Å². The van der Waals surface area contributed by atoms with Gasteiger partial charge in [0.05, 0.1) is 0 Å². The van der Waals surface area contributed by atoms with E-state index in [0.717, 1.165) is 25.9 Å². The summed E-state index contributed by atoms with van der Waals surface area (Å²) in [6, 6.07) is 0. The fourth-order valence-electron chi connectivity index (χ4n) is 1.42. The molecule has 0 aromatic rings. The second-order valence-corrected chi connectivity index (χ2v) is 4.32. The molecule has 0 spiro atoms. The minimum Gasteiger partial charge on any atom is -0.356 e. The first-order valence-electron chi connectivity index (χ1n) is 6.08. The van der Waals surface area contributed by atoms with Crippen molar-refractivity contribution < 1.29 is 4.79 Å². The lowest BCUT2D eigenvalue weighted by Gasteiger charge is -2.09. The first-order chi connectivity index (χ1) is 7.16. The van der Waals surface area contributed by atoms with Crippen LogP contribution in [0.25, 0.3) is 0 Å². The molecule has 1 amide bonds. The van der Waals surface area contributed by atoms with E-state index in [1.165, 1.54) is 19.3 Å². The summed E-state index contributed by atoms with van der Waals surface area (Å²) in [5.74, 6) is 0.213. The monoisotopic (exact) mass is 214 g/mol. The van der Waals surface area contributed by atoms with Crippen LogP contribution in [0.2, 0.25) is 0 Å². The van der Waals surface area contributed by atoms with E-state index >= 15 is 0 Å². The van der Waals surface area contributed by atoms with Crippen LogP contribution in [0.5, 0.6) is 0 Å². The van der Waals surface area contributed by atoms with Crippen LogP contribution in [-0.2, 0) is 4.79 Å². The second-order valence-electron chi connectivity index (χ2n) is 4.32. The molecule has 3 nitrogen and oxygen atoms in total. The Morgan fingerprint density at radius 1 is 1.13 bits per heavy atom. The molecule has 0 rings (SSSR count). The van der Waals surface area contributed by atoms with Crippen molar-refractivity contribution >= 4 is 5.91 Å². The third kappa shape index (κ3) is 11.4. The Labute approximate surface area is 94.2 Å². The Balaban J connectivity index is 3.19. The smallest absolute Gasteiger partial charge is 0.219 e. The molecule has 0 saturated carbocycles. The van der Waals surface area contributed by atoms with E-state index in [0.29, 0.717) is 6.42 Å². The van der Waals surface area contributed by atoms with E-state index in [1.54, 1.807) is 0 Å². The van der Waals surface area contributed by atoms with Crippen molar-refractivity contribution in [3.63, 3.8) is 0 Å². The lowest BCUT2D eigenvalue weighted by molar-refractivity contribution is -0.121. The lowest BCUT2D eigenvalue weighted by Crippen LogP contribution is -2.26. The van der Waals surface area contributed by atoms with Crippen LogP contribution in [0.15, 0.2) is 0 Å². The molecule has 0 fully saturated rings. The Morgan fingerprint density at radius 2 is 1.87 bits per heavy atom. The van der Waals surface area contributed by atoms with E-state index in [2.05, 4.69) is 17.1 Å². The number of amides is 1. The van der Waals surface area contributed by atoms with Gasteiger partial charge in [0, 0.05) is 13.0 Å². The highest BCUT2D eigenvalue weighted by Crippen LogP contribution is 2.01. The predicted octanol–water partition coefficient (Wildman–Crippen LogP) is 2.02. The minimum absolute atomic E-state index is 0.213. The molecule has 0 aliphatic carbocycles. The van der Waals surface area contributed by atoms with Gasteiger partial charge in [0.15, 0.2) is 0 Å². The van der Waals surface area contributed by atoms with Crippen LogP contribution in [0.3, 0.4) is 0 Å². The van der Waals surface area contributed by atoms with Crippen molar-refractivity contribution in [2.45, 2.75) is 45.4 Å². The molecule has 0 saturated heterocycles. The molecule has 15 heavy (non-hydrogen) atoms. The van der Waals surface area contributed by atoms with Crippen molar-refractivity contribution in [2.75, 3.05) is 27.2 Å². The fourth-order valence-corrected chi connectivity index (χ4v) is 1.42. The number of hydrogen-bond acceptors (Lipinski definition) is 2. The molecule has 0 aliphatic rings. The van der Waals surface area contributed by atoms with Gasteiger partial charge in [-0.1, -0.05) is 26.2 Å². The van der Waals surface area contributed by atoms with Gasteiger partial charge in [-0.2, -0.15) is 0 Å². The maximum Gasteiger partial charge on any atom is 0.219 e. The highest BCUT2D eigenvalue weighted by Gasteiger charge is 1.99. The molecule has 0 aromatic carbocycles. The van der Waals surface area contributed by atoms with Gasteiger partial charge in [0.2, 0.25) is 5.91 Å². The van der Waals surface area contributed by atoms with Crippen LogP contribution < -0.4 is 5.32 Å². The molecule has 0 atom stereocenters. The van der Waals surface area contributed by atoms with E-state index < -0.39 is 0 Å². The first-order valence-corrected chi connectivity index (χ1v) is 6.08. The molecule has 0 aliphatic heterocycles. The van der Waals surface area contributed by atoms with E-state index in [4.69, 9.17) is 0 Å². The number of unbranched alkanes of at least 4 members (excludes halogenated alkanes) is 3. The third-order valence-corrected chi connectivity index (χ3v) is 2.36. The zero-order chi connectivity index (χ0) is 11.5. The maximum atomic E-state index is 11.3. The highest BCUT2D eigenvalue weighted by molar-refractivity contribution is 5.75. The van der Waals surface area contributed by atoms with Gasteiger partial charge in [0.25, 0.3) is 0 Å². The Morgan fingerprint density at radius 3 is 2.47 bits per heavy atom. The number of carbonyl (C=O) groups is 1. The van der Waals surface area contributed by atoms with Crippen LogP contribution in [-0.4, -0.2) is 38.0 Å². The van der Waals surface area contributed by atoms with Gasteiger partial charge < -0.3 is 10.2 Å². The summed E-state index contributed by atoms with van der Waals surface area (Å²) in [4.78, 5) is 13.5. The number of nitrogens with one attached hydrogen (secondary N) is 1. The Hall–Kier alpha value is -0.570. The zero-order valence-corrected chi connectivity index (χ0v) is 10.5. The van der Waals surface area contributed by atoms with E-state index in [9.17, 15) is 4.79 Å². The molecule has 0 bridgehead atoms. The second kappa shape index (κ2) is 9.97. The Kier molecular flexibility index (Phi) is 9.59. The van der Waals surface area contributed by atoms with Crippen LogP contribution in [0.1, 0.15) is 45.4 Å². The first kappa shape index (κ1) is 14.4. The van der Waals surface area contributed by atoms with Gasteiger partial charge in [-0.15, -0.1) is 0 Å².